The number of hydrogen-bond donors (Lipinski definition) is 0. The topological polar surface area (TPSA) is 26.3 Å². The van der Waals surface area contributed by atoms with Crippen molar-refractivity contribution >= 4 is 5.78 Å². The van der Waals surface area contributed by atoms with Crippen molar-refractivity contribution in [3.8, 4) is 0 Å². The fourth-order valence-corrected chi connectivity index (χ4v) is 1.27. The Morgan fingerprint density at radius 3 is 2.40 bits per heavy atom. The van der Waals surface area contributed by atoms with Crippen LogP contribution in [0.4, 0.5) is 0 Å². The molecule has 1 aromatic carbocycles. The molecule has 0 spiro atoms. The molecule has 0 amide bonds. The van der Waals surface area contributed by atoms with Crippen LogP contribution in [-0.4, -0.2) is 18.5 Å². The van der Waals surface area contributed by atoms with Gasteiger partial charge in [0.2, 0.25) is 0 Å². The fraction of sp³-hybridized carbons (Fsp3) is 0.462. The minimum atomic E-state index is 0.149. The van der Waals surface area contributed by atoms with E-state index >= 15 is 0 Å². The Labute approximate surface area is 91.3 Å². The van der Waals surface area contributed by atoms with E-state index in [1.54, 1.807) is 0 Å². The normalized spacial score (nSPS) is 10.7. The number of rotatable bonds is 5. The van der Waals surface area contributed by atoms with E-state index in [1.165, 1.54) is 5.56 Å². The van der Waals surface area contributed by atoms with Crippen LogP contribution in [0.5, 0.6) is 0 Å². The van der Waals surface area contributed by atoms with Gasteiger partial charge in [0, 0.05) is 12.0 Å². The first kappa shape index (κ1) is 11.9. The van der Waals surface area contributed by atoms with Crippen LogP contribution in [-0.2, 0) is 4.74 Å². The van der Waals surface area contributed by atoms with Crippen LogP contribution in [0, 0.1) is 6.92 Å². The highest BCUT2D eigenvalue weighted by Crippen LogP contribution is 2.06. The first-order chi connectivity index (χ1) is 7.09. The third-order valence-electron chi connectivity index (χ3n) is 2.15. The summed E-state index contributed by atoms with van der Waals surface area (Å²) in [5, 5.41) is 0. The molecule has 0 aromatic heterocycles. The van der Waals surface area contributed by atoms with E-state index in [4.69, 9.17) is 4.74 Å². The van der Waals surface area contributed by atoms with Gasteiger partial charge in [-0.1, -0.05) is 29.8 Å². The summed E-state index contributed by atoms with van der Waals surface area (Å²) in [4.78, 5) is 11.7. The molecule has 0 radical (unpaired) electrons. The van der Waals surface area contributed by atoms with Crippen molar-refractivity contribution in [3.63, 3.8) is 0 Å². The van der Waals surface area contributed by atoms with Crippen molar-refractivity contribution in [1.29, 1.82) is 0 Å². The van der Waals surface area contributed by atoms with Gasteiger partial charge in [-0.2, -0.15) is 0 Å². The summed E-state index contributed by atoms with van der Waals surface area (Å²) in [5.41, 5.74) is 1.94. The molecule has 82 valence electrons. The van der Waals surface area contributed by atoms with Gasteiger partial charge in [-0.25, -0.2) is 0 Å². The van der Waals surface area contributed by atoms with Crippen LogP contribution in [0.2, 0.25) is 0 Å². The number of ketones is 1. The van der Waals surface area contributed by atoms with Gasteiger partial charge in [0.05, 0.1) is 12.7 Å². The molecule has 0 saturated heterocycles. The zero-order valence-electron chi connectivity index (χ0n) is 9.62. The molecule has 0 aliphatic rings. The van der Waals surface area contributed by atoms with Crippen molar-refractivity contribution in [3.05, 3.63) is 35.4 Å². The van der Waals surface area contributed by atoms with E-state index in [0.717, 1.165) is 5.56 Å². The second kappa shape index (κ2) is 5.66. The van der Waals surface area contributed by atoms with Crippen molar-refractivity contribution in [2.75, 3.05) is 6.61 Å². The maximum absolute atomic E-state index is 11.7. The Morgan fingerprint density at radius 2 is 1.87 bits per heavy atom. The quantitative estimate of drug-likeness (QED) is 0.692. The Bertz CT molecular complexity index is 312. The van der Waals surface area contributed by atoms with Crippen LogP contribution >= 0.6 is 0 Å². The summed E-state index contributed by atoms with van der Waals surface area (Å²) < 4.78 is 5.34. The molecule has 2 nitrogen and oxygen atoms in total. The van der Waals surface area contributed by atoms with Gasteiger partial charge >= 0.3 is 0 Å². The van der Waals surface area contributed by atoms with Gasteiger partial charge in [0.25, 0.3) is 0 Å². The second-order valence-corrected chi connectivity index (χ2v) is 3.96. The molecule has 0 aliphatic carbocycles. The lowest BCUT2D eigenvalue weighted by atomic mass is 10.1. The molecule has 0 atom stereocenters. The van der Waals surface area contributed by atoms with E-state index in [1.807, 2.05) is 45.0 Å². The lowest BCUT2D eigenvalue weighted by Crippen LogP contribution is -2.09. The number of carbonyl (C=O) groups excluding carboxylic acids is 1. The molecular weight excluding hydrogens is 188 g/mol. The predicted octanol–water partition coefficient (Wildman–Crippen LogP) is 2.99. The van der Waals surface area contributed by atoms with Crippen molar-refractivity contribution in [1.82, 2.24) is 0 Å². The Balaban J connectivity index is 2.43. The summed E-state index contributed by atoms with van der Waals surface area (Å²) in [6.45, 7) is 6.45. The van der Waals surface area contributed by atoms with Gasteiger partial charge in [-0.05, 0) is 20.8 Å². The highest BCUT2D eigenvalue weighted by Gasteiger charge is 2.05. The van der Waals surface area contributed by atoms with Crippen LogP contribution in [0.25, 0.3) is 0 Å². The number of ether oxygens (including phenoxy) is 1. The van der Waals surface area contributed by atoms with Gasteiger partial charge < -0.3 is 4.74 Å². The first-order valence-corrected chi connectivity index (χ1v) is 5.31. The second-order valence-electron chi connectivity index (χ2n) is 3.96. The van der Waals surface area contributed by atoms with Gasteiger partial charge in [0.15, 0.2) is 5.78 Å². The highest BCUT2D eigenvalue weighted by atomic mass is 16.5. The third-order valence-corrected chi connectivity index (χ3v) is 2.15. The summed E-state index contributed by atoms with van der Waals surface area (Å²) in [5.74, 6) is 0.149. The third kappa shape index (κ3) is 4.26. The molecule has 1 aromatic rings. The number of aryl methyl sites for hydroxylation is 1. The van der Waals surface area contributed by atoms with E-state index in [2.05, 4.69) is 0 Å². The summed E-state index contributed by atoms with van der Waals surface area (Å²) in [6.07, 6.45) is 0.650. The summed E-state index contributed by atoms with van der Waals surface area (Å²) in [6, 6.07) is 7.65. The molecule has 0 N–H and O–H groups in total. The van der Waals surface area contributed by atoms with E-state index in [9.17, 15) is 4.79 Å². The van der Waals surface area contributed by atoms with Gasteiger partial charge in [0.1, 0.15) is 0 Å². The van der Waals surface area contributed by atoms with Crippen molar-refractivity contribution in [2.45, 2.75) is 33.3 Å². The van der Waals surface area contributed by atoms with E-state index in [-0.39, 0.29) is 11.9 Å². The molecular formula is C13H18O2. The first-order valence-electron chi connectivity index (χ1n) is 5.31. The molecule has 2 heteroatoms. The Kier molecular flexibility index (Phi) is 4.50. The average Bonchev–Trinajstić information content (AvgIpc) is 2.18. The molecule has 1 rings (SSSR count). The maximum Gasteiger partial charge on any atom is 0.165 e. The van der Waals surface area contributed by atoms with Crippen molar-refractivity contribution in [2.24, 2.45) is 0 Å². The van der Waals surface area contributed by atoms with Gasteiger partial charge in [-0.15, -0.1) is 0 Å². The average molecular weight is 206 g/mol. The lowest BCUT2D eigenvalue weighted by molar-refractivity contribution is 0.0678. The largest absolute Gasteiger partial charge is 0.378 e. The van der Waals surface area contributed by atoms with Gasteiger partial charge in [-0.3, -0.25) is 4.79 Å². The standard InChI is InChI=1S/C13H18O2/c1-10(2)15-9-8-13(14)12-6-4-11(3)5-7-12/h4-7,10H,8-9H2,1-3H3. The maximum atomic E-state index is 11.7. The minimum Gasteiger partial charge on any atom is -0.378 e. The number of Topliss-reactive ketones (excluding diaryl/α,β-unsaturated/α-hetero) is 1. The molecule has 0 fully saturated rings. The Morgan fingerprint density at radius 1 is 1.27 bits per heavy atom. The zero-order valence-corrected chi connectivity index (χ0v) is 9.62. The van der Waals surface area contributed by atoms with E-state index in [0.29, 0.717) is 13.0 Å². The molecule has 0 heterocycles. The zero-order chi connectivity index (χ0) is 11.3. The van der Waals surface area contributed by atoms with Crippen LogP contribution in [0.15, 0.2) is 24.3 Å². The molecule has 0 saturated carbocycles. The van der Waals surface area contributed by atoms with Crippen LogP contribution in [0.3, 0.4) is 0 Å². The van der Waals surface area contributed by atoms with Crippen LogP contribution < -0.4 is 0 Å². The molecule has 0 unspecified atom stereocenters. The number of carbonyl (C=O) groups is 1. The van der Waals surface area contributed by atoms with Crippen LogP contribution in [0.1, 0.15) is 36.2 Å². The summed E-state index contributed by atoms with van der Waals surface area (Å²) in [7, 11) is 0. The minimum absolute atomic E-state index is 0.149. The monoisotopic (exact) mass is 206 g/mol. The summed E-state index contributed by atoms with van der Waals surface area (Å²) >= 11 is 0. The molecule has 15 heavy (non-hydrogen) atoms. The smallest absolute Gasteiger partial charge is 0.165 e. The molecule has 0 aliphatic heterocycles. The lowest BCUT2D eigenvalue weighted by Gasteiger charge is -2.06. The molecule has 0 bridgehead atoms. The number of benzene rings is 1. The Hall–Kier alpha value is -1.15. The van der Waals surface area contributed by atoms with E-state index < -0.39 is 0 Å². The highest BCUT2D eigenvalue weighted by molar-refractivity contribution is 5.96. The number of hydrogen-bond acceptors (Lipinski definition) is 2. The fourth-order valence-electron chi connectivity index (χ4n) is 1.27. The predicted molar refractivity (Wildman–Crippen MR) is 61.2 cm³/mol. The SMILES string of the molecule is Cc1ccc(C(=O)CCOC(C)C)cc1. The van der Waals surface area contributed by atoms with Crippen molar-refractivity contribution < 1.29 is 9.53 Å².